The molecule has 0 aliphatic rings. The average molecular weight is 390 g/mol. The van der Waals surface area contributed by atoms with Gasteiger partial charge < -0.3 is 5.32 Å². The van der Waals surface area contributed by atoms with Gasteiger partial charge in [0.15, 0.2) is 0 Å². The Kier molecular flexibility index (Phi) is 6.26. The normalized spacial score (nSPS) is 10.8. The molecule has 0 spiro atoms. The van der Waals surface area contributed by atoms with Gasteiger partial charge in [0.05, 0.1) is 11.1 Å². The van der Waals surface area contributed by atoms with Gasteiger partial charge in [-0.25, -0.2) is 5.43 Å². The standard InChI is InChI=1S/C21H18N4O4/c26-20(23-19-10-4-7-16-6-1-2-9-18(16)19)11-12-21(27)24-22-14-15-5-3-8-17(13-15)25(28)29/h1-10,13-14H,11-12H2,(H,23,26)(H,24,27). The number of benzene rings is 3. The van der Waals surface area contributed by atoms with Crippen molar-refractivity contribution in [3.05, 3.63) is 82.4 Å². The van der Waals surface area contributed by atoms with E-state index in [2.05, 4.69) is 15.8 Å². The number of carbonyl (C=O) groups excluding carboxylic acids is 2. The number of rotatable bonds is 7. The van der Waals surface area contributed by atoms with Crippen LogP contribution >= 0.6 is 0 Å². The second-order valence-electron chi connectivity index (χ2n) is 6.22. The summed E-state index contributed by atoms with van der Waals surface area (Å²) in [7, 11) is 0. The van der Waals surface area contributed by atoms with E-state index in [9.17, 15) is 19.7 Å². The summed E-state index contributed by atoms with van der Waals surface area (Å²) in [5.74, 6) is -0.709. The third kappa shape index (κ3) is 5.46. The molecule has 0 aliphatic carbocycles. The minimum Gasteiger partial charge on any atom is -0.326 e. The molecule has 0 saturated carbocycles. The number of hydrogen-bond donors (Lipinski definition) is 2. The third-order valence-corrected chi connectivity index (χ3v) is 4.13. The summed E-state index contributed by atoms with van der Waals surface area (Å²) >= 11 is 0. The Balaban J connectivity index is 1.49. The van der Waals surface area contributed by atoms with Gasteiger partial charge in [-0.2, -0.15) is 5.10 Å². The molecule has 0 radical (unpaired) electrons. The summed E-state index contributed by atoms with van der Waals surface area (Å²) in [4.78, 5) is 34.3. The van der Waals surface area contributed by atoms with Crippen LogP contribution in [-0.2, 0) is 9.59 Å². The Bertz CT molecular complexity index is 1090. The number of fused-ring (bicyclic) bond motifs is 1. The third-order valence-electron chi connectivity index (χ3n) is 4.13. The zero-order valence-electron chi connectivity index (χ0n) is 15.4. The van der Waals surface area contributed by atoms with Gasteiger partial charge in [-0.05, 0) is 11.5 Å². The summed E-state index contributed by atoms with van der Waals surface area (Å²) in [6.45, 7) is 0. The summed E-state index contributed by atoms with van der Waals surface area (Å²) in [6.07, 6.45) is 1.27. The average Bonchev–Trinajstić information content (AvgIpc) is 2.73. The summed E-state index contributed by atoms with van der Waals surface area (Å²) in [6, 6.07) is 19.2. The predicted octanol–water partition coefficient (Wildman–Crippen LogP) is 3.62. The van der Waals surface area contributed by atoms with Crippen LogP contribution in [0.5, 0.6) is 0 Å². The second-order valence-corrected chi connectivity index (χ2v) is 6.22. The zero-order valence-corrected chi connectivity index (χ0v) is 15.4. The van der Waals surface area contributed by atoms with Crippen LogP contribution in [0.2, 0.25) is 0 Å². The number of hydrazone groups is 1. The molecule has 29 heavy (non-hydrogen) atoms. The van der Waals surface area contributed by atoms with Crippen molar-refractivity contribution >= 4 is 40.2 Å². The maximum Gasteiger partial charge on any atom is 0.270 e. The molecule has 2 amide bonds. The first-order chi connectivity index (χ1) is 14.0. The first kappa shape index (κ1) is 19.7. The number of anilines is 1. The van der Waals surface area contributed by atoms with Crippen molar-refractivity contribution in [3.63, 3.8) is 0 Å². The SMILES string of the molecule is O=C(CCC(=O)Nc1cccc2ccccc12)NN=Cc1cccc([N+](=O)[O-])c1. The quantitative estimate of drug-likeness (QED) is 0.364. The molecule has 8 nitrogen and oxygen atoms in total. The minimum absolute atomic E-state index is 0.00137. The number of nitrogens with one attached hydrogen (secondary N) is 2. The summed E-state index contributed by atoms with van der Waals surface area (Å²) in [5, 5.41) is 19.3. The molecule has 0 fully saturated rings. The number of carbonyl (C=O) groups is 2. The van der Waals surface area contributed by atoms with Gasteiger partial charge in [-0.15, -0.1) is 0 Å². The second kappa shape index (κ2) is 9.23. The monoisotopic (exact) mass is 390 g/mol. The molecule has 146 valence electrons. The van der Waals surface area contributed by atoms with E-state index in [0.29, 0.717) is 11.3 Å². The molecule has 3 aromatic carbocycles. The first-order valence-corrected chi connectivity index (χ1v) is 8.87. The molecule has 0 unspecified atom stereocenters. The van der Waals surface area contributed by atoms with Crippen LogP contribution in [0.1, 0.15) is 18.4 Å². The summed E-state index contributed by atoms with van der Waals surface area (Å²) in [5.41, 5.74) is 3.42. The highest BCUT2D eigenvalue weighted by atomic mass is 16.6. The maximum absolute atomic E-state index is 12.2. The number of nitro groups is 1. The number of hydrogen-bond acceptors (Lipinski definition) is 5. The number of non-ortho nitro benzene ring substituents is 1. The minimum atomic E-state index is -0.509. The van der Waals surface area contributed by atoms with Gasteiger partial charge in [0, 0.05) is 41.6 Å². The fraction of sp³-hybridized carbons (Fsp3) is 0.0952. The van der Waals surface area contributed by atoms with Crippen LogP contribution in [0.4, 0.5) is 11.4 Å². The van der Waals surface area contributed by atoms with Crippen molar-refractivity contribution in [2.75, 3.05) is 5.32 Å². The molecule has 0 saturated heterocycles. The molecule has 3 rings (SSSR count). The van der Waals surface area contributed by atoms with E-state index in [1.807, 2.05) is 42.5 Å². The van der Waals surface area contributed by atoms with Crippen LogP contribution in [-0.4, -0.2) is 23.0 Å². The van der Waals surface area contributed by atoms with Crippen molar-refractivity contribution in [2.45, 2.75) is 12.8 Å². The van der Waals surface area contributed by atoms with Crippen LogP contribution in [0.25, 0.3) is 10.8 Å². The Morgan fingerprint density at radius 2 is 1.69 bits per heavy atom. The number of nitrogens with zero attached hydrogens (tertiary/aromatic N) is 2. The van der Waals surface area contributed by atoms with Crippen molar-refractivity contribution in [3.8, 4) is 0 Å². The Hall–Kier alpha value is -4.07. The van der Waals surface area contributed by atoms with Crippen molar-refractivity contribution in [2.24, 2.45) is 5.10 Å². The van der Waals surface area contributed by atoms with Crippen LogP contribution in [0.15, 0.2) is 71.8 Å². The lowest BCUT2D eigenvalue weighted by molar-refractivity contribution is -0.384. The van der Waals surface area contributed by atoms with E-state index < -0.39 is 10.8 Å². The van der Waals surface area contributed by atoms with E-state index >= 15 is 0 Å². The van der Waals surface area contributed by atoms with Gasteiger partial charge in [-0.1, -0.05) is 48.5 Å². The van der Waals surface area contributed by atoms with E-state index in [1.54, 1.807) is 6.07 Å². The lowest BCUT2D eigenvalue weighted by Crippen LogP contribution is -2.20. The van der Waals surface area contributed by atoms with E-state index in [0.717, 1.165) is 10.8 Å². The molecule has 0 aromatic heterocycles. The van der Waals surface area contributed by atoms with Crippen molar-refractivity contribution in [1.82, 2.24) is 5.43 Å². The molecule has 0 aliphatic heterocycles. The van der Waals surface area contributed by atoms with Gasteiger partial charge in [0.2, 0.25) is 11.8 Å². The van der Waals surface area contributed by atoms with Gasteiger partial charge >= 0.3 is 0 Å². The molecule has 0 bridgehead atoms. The first-order valence-electron chi connectivity index (χ1n) is 8.87. The highest BCUT2D eigenvalue weighted by molar-refractivity contribution is 6.02. The summed E-state index contributed by atoms with van der Waals surface area (Å²) < 4.78 is 0. The highest BCUT2D eigenvalue weighted by Gasteiger charge is 2.09. The van der Waals surface area contributed by atoms with Gasteiger partial charge in [-0.3, -0.25) is 19.7 Å². The zero-order chi connectivity index (χ0) is 20.6. The van der Waals surface area contributed by atoms with Crippen LogP contribution in [0, 0.1) is 10.1 Å². The van der Waals surface area contributed by atoms with E-state index in [1.165, 1.54) is 24.4 Å². The largest absolute Gasteiger partial charge is 0.326 e. The molecular formula is C21H18N4O4. The smallest absolute Gasteiger partial charge is 0.270 e. The van der Waals surface area contributed by atoms with Gasteiger partial charge in [0.1, 0.15) is 0 Å². The molecule has 0 atom stereocenters. The fourth-order valence-electron chi connectivity index (χ4n) is 2.73. The van der Waals surface area contributed by atoms with Gasteiger partial charge in [0.25, 0.3) is 5.69 Å². The lowest BCUT2D eigenvalue weighted by atomic mass is 10.1. The Morgan fingerprint density at radius 3 is 2.52 bits per heavy atom. The lowest BCUT2D eigenvalue weighted by Gasteiger charge is -2.08. The van der Waals surface area contributed by atoms with Crippen LogP contribution < -0.4 is 10.7 Å². The fourth-order valence-corrected chi connectivity index (χ4v) is 2.73. The predicted molar refractivity (Wildman–Crippen MR) is 111 cm³/mol. The topological polar surface area (TPSA) is 114 Å². The van der Waals surface area contributed by atoms with Crippen molar-refractivity contribution < 1.29 is 14.5 Å². The number of nitro benzene ring substituents is 1. The number of amides is 2. The Labute approximate surface area is 166 Å². The van der Waals surface area contributed by atoms with E-state index in [-0.39, 0.29) is 24.4 Å². The van der Waals surface area contributed by atoms with E-state index in [4.69, 9.17) is 0 Å². The van der Waals surface area contributed by atoms with Crippen molar-refractivity contribution in [1.29, 1.82) is 0 Å². The molecule has 8 heteroatoms. The van der Waals surface area contributed by atoms with Crippen LogP contribution in [0.3, 0.4) is 0 Å². The maximum atomic E-state index is 12.2. The molecular weight excluding hydrogens is 372 g/mol. The highest BCUT2D eigenvalue weighted by Crippen LogP contribution is 2.23. The Morgan fingerprint density at radius 1 is 0.966 bits per heavy atom. The molecule has 3 aromatic rings. The molecule has 0 heterocycles. The molecule has 2 N–H and O–H groups in total.